The summed E-state index contributed by atoms with van der Waals surface area (Å²) in [6.45, 7) is 0.0669. The van der Waals surface area contributed by atoms with E-state index in [2.05, 4.69) is 21.2 Å². The van der Waals surface area contributed by atoms with Gasteiger partial charge in [-0.3, -0.25) is 4.79 Å². The maximum atomic E-state index is 13.5. The summed E-state index contributed by atoms with van der Waals surface area (Å²) >= 11 is 3.22. The van der Waals surface area contributed by atoms with Crippen LogP contribution in [0, 0.1) is 5.82 Å². The number of halogens is 2. The number of carbonyl (C=O) groups is 1. The second kappa shape index (κ2) is 5.78. The standard InChI is InChI=1S/C14H11BrFNO/c15-10-6-7-13(16)12(8-10)14(18)9-17-11-4-2-1-3-5-11/h1-8,17H,9H2. The fourth-order valence-corrected chi connectivity index (χ4v) is 1.91. The van der Waals surface area contributed by atoms with Crippen molar-refractivity contribution in [3.63, 3.8) is 0 Å². The van der Waals surface area contributed by atoms with E-state index < -0.39 is 5.82 Å². The molecule has 0 aliphatic rings. The Labute approximate surface area is 113 Å². The van der Waals surface area contributed by atoms with E-state index in [1.54, 1.807) is 6.07 Å². The maximum absolute atomic E-state index is 13.5. The van der Waals surface area contributed by atoms with Crippen molar-refractivity contribution in [3.8, 4) is 0 Å². The van der Waals surface area contributed by atoms with E-state index in [-0.39, 0.29) is 17.9 Å². The molecule has 2 aromatic carbocycles. The minimum atomic E-state index is -0.502. The van der Waals surface area contributed by atoms with Crippen LogP contribution in [-0.4, -0.2) is 12.3 Å². The van der Waals surface area contributed by atoms with Crippen LogP contribution < -0.4 is 5.32 Å². The van der Waals surface area contributed by atoms with E-state index in [0.717, 1.165) is 5.69 Å². The lowest BCUT2D eigenvalue weighted by Gasteiger charge is -2.06. The van der Waals surface area contributed by atoms with E-state index in [1.165, 1.54) is 12.1 Å². The van der Waals surface area contributed by atoms with Crippen LogP contribution in [0.4, 0.5) is 10.1 Å². The van der Waals surface area contributed by atoms with Crippen molar-refractivity contribution >= 4 is 27.4 Å². The summed E-state index contributed by atoms with van der Waals surface area (Å²) in [5.74, 6) is -0.782. The number of para-hydroxylation sites is 1. The third-order valence-electron chi connectivity index (χ3n) is 2.46. The summed E-state index contributed by atoms with van der Waals surface area (Å²) in [6.07, 6.45) is 0. The van der Waals surface area contributed by atoms with Gasteiger partial charge in [-0.05, 0) is 30.3 Å². The summed E-state index contributed by atoms with van der Waals surface area (Å²) in [7, 11) is 0. The summed E-state index contributed by atoms with van der Waals surface area (Å²) in [4.78, 5) is 11.9. The average Bonchev–Trinajstić information content (AvgIpc) is 2.40. The van der Waals surface area contributed by atoms with E-state index in [4.69, 9.17) is 0 Å². The Kier molecular flexibility index (Phi) is 4.10. The zero-order valence-electron chi connectivity index (χ0n) is 9.49. The first-order valence-electron chi connectivity index (χ1n) is 5.44. The van der Waals surface area contributed by atoms with Gasteiger partial charge in [0.2, 0.25) is 0 Å². The first-order chi connectivity index (χ1) is 8.66. The van der Waals surface area contributed by atoms with Gasteiger partial charge in [0.25, 0.3) is 0 Å². The molecule has 0 aliphatic heterocycles. The van der Waals surface area contributed by atoms with Gasteiger partial charge in [-0.2, -0.15) is 0 Å². The quantitative estimate of drug-likeness (QED) is 0.868. The number of carbonyl (C=O) groups excluding carboxylic acids is 1. The Morgan fingerprint density at radius 1 is 1.17 bits per heavy atom. The smallest absolute Gasteiger partial charge is 0.184 e. The fraction of sp³-hybridized carbons (Fsp3) is 0.0714. The third-order valence-corrected chi connectivity index (χ3v) is 2.95. The van der Waals surface area contributed by atoms with Crippen molar-refractivity contribution in [1.29, 1.82) is 0 Å². The van der Waals surface area contributed by atoms with E-state index >= 15 is 0 Å². The molecule has 0 saturated carbocycles. The number of hydrogen-bond acceptors (Lipinski definition) is 2. The normalized spacial score (nSPS) is 10.1. The molecule has 0 bridgehead atoms. The second-order valence-electron chi connectivity index (χ2n) is 3.77. The largest absolute Gasteiger partial charge is 0.378 e. The number of hydrogen-bond donors (Lipinski definition) is 1. The van der Waals surface area contributed by atoms with Gasteiger partial charge in [-0.15, -0.1) is 0 Å². The Bertz CT molecular complexity index is 557. The minimum absolute atomic E-state index is 0.0669. The molecule has 4 heteroatoms. The molecular weight excluding hydrogens is 297 g/mol. The molecular formula is C14H11BrFNO. The molecule has 0 atom stereocenters. The molecule has 0 spiro atoms. The molecule has 0 heterocycles. The number of anilines is 1. The number of rotatable bonds is 4. The molecule has 2 nitrogen and oxygen atoms in total. The van der Waals surface area contributed by atoms with Crippen LogP contribution >= 0.6 is 15.9 Å². The van der Waals surface area contributed by atoms with Gasteiger partial charge in [0.15, 0.2) is 5.78 Å². The van der Waals surface area contributed by atoms with Crippen LogP contribution in [0.2, 0.25) is 0 Å². The SMILES string of the molecule is O=C(CNc1ccccc1)c1cc(Br)ccc1F. The number of Topliss-reactive ketones (excluding diaryl/α,β-unsaturated/α-hetero) is 1. The van der Waals surface area contributed by atoms with Gasteiger partial charge in [-0.25, -0.2) is 4.39 Å². The average molecular weight is 308 g/mol. The van der Waals surface area contributed by atoms with Crippen molar-refractivity contribution in [2.45, 2.75) is 0 Å². The molecule has 0 aliphatic carbocycles. The number of ketones is 1. The minimum Gasteiger partial charge on any atom is -0.378 e. The highest BCUT2D eigenvalue weighted by Gasteiger charge is 2.11. The zero-order chi connectivity index (χ0) is 13.0. The Morgan fingerprint density at radius 3 is 2.61 bits per heavy atom. The summed E-state index contributed by atoms with van der Waals surface area (Å²) in [5, 5.41) is 2.96. The molecule has 1 N–H and O–H groups in total. The molecule has 0 amide bonds. The molecule has 2 aromatic rings. The second-order valence-corrected chi connectivity index (χ2v) is 4.68. The first kappa shape index (κ1) is 12.8. The van der Waals surface area contributed by atoms with Crippen molar-refractivity contribution < 1.29 is 9.18 Å². The van der Waals surface area contributed by atoms with Gasteiger partial charge in [0.1, 0.15) is 5.82 Å². The van der Waals surface area contributed by atoms with Crippen molar-refractivity contribution in [2.24, 2.45) is 0 Å². The molecule has 92 valence electrons. The lowest BCUT2D eigenvalue weighted by atomic mass is 10.1. The highest BCUT2D eigenvalue weighted by molar-refractivity contribution is 9.10. The van der Waals surface area contributed by atoms with Crippen molar-refractivity contribution in [2.75, 3.05) is 11.9 Å². The van der Waals surface area contributed by atoms with Crippen LogP contribution in [-0.2, 0) is 0 Å². The molecule has 2 rings (SSSR count). The zero-order valence-corrected chi connectivity index (χ0v) is 11.1. The van der Waals surface area contributed by atoms with Gasteiger partial charge in [-0.1, -0.05) is 34.1 Å². The lowest BCUT2D eigenvalue weighted by Crippen LogP contribution is -2.15. The molecule has 0 unspecified atom stereocenters. The Balaban J connectivity index is 2.06. The summed E-state index contributed by atoms with van der Waals surface area (Å²) in [6, 6.07) is 13.7. The van der Waals surface area contributed by atoms with Gasteiger partial charge in [0.05, 0.1) is 12.1 Å². The topological polar surface area (TPSA) is 29.1 Å². The molecule has 0 fully saturated rings. The van der Waals surface area contributed by atoms with Crippen LogP contribution in [0.3, 0.4) is 0 Å². The van der Waals surface area contributed by atoms with Crippen LogP contribution in [0.15, 0.2) is 53.0 Å². The summed E-state index contributed by atoms with van der Waals surface area (Å²) in [5.41, 5.74) is 0.925. The highest BCUT2D eigenvalue weighted by Crippen LogP contribution is 2.16. The molecule has 0 aromatic heterocycles. The molecule has 0 radical (unpaired) electrons. The first-order valence-corrected chi connectivity index (χ1v) is 6.23. The predicted molar refractivity (Wildman–Crippen MR) is 73.4 cm³/mol. The van der Waals surface area contributed by atoms with Gasteiger partial charge < -0.3 is 5.32 Å². The van der Waals surface area contributed by atoms with Gasteiger partial charge >= 0.3 is 0 Å². The highest BCUT2D eigenvalue weighted by atomic mass is 79.9. The third kappa shape index (κ3) is 3.17. The van der Waals surface area contributed by atoms with Crippen molar-refractivity contribution in [3.05, 3.63) is 64.4 Å². The summed E-state index contributed by atoms with van der Waals surface area (Å²) < 4.78 is 14.2. The predicted octanol–water partition coefficient (Wildman–Crippen LogP) is 3.88. The maximum Gasteiger partial charge on any atom is 0.184 e. The Hall–Kier alpha value is -1.68. The van der Waals surface area contributed by atoms with Crippen LogP contribution in [0.25, 0.3) is 0 Å². The Morgan fingerprint density at radius 2 is 1.89 bits per heavy atom. The van der Waals surface area contributed by atoms with E-state index in [9.17, 15) is 9.18 Å². The molecule has 18 heavy (non-hydrogen) atoms. The molecule has 0 saturated heterocycles. The van der Waals surface area contributed by atoms with Gasteiger partial charge in [0, 0.05) is 10.2 Å². The van der Waals surface area contributed by atoms with E-state index in [1.807, 2.05) is 30.3 Å². The lowest BCUT2D eigenvalue weighted by molar-refractivity contribution is 0.100. The van der Waals surface area contributed by atoms with Crippen LogP contribution in [0.5, 0.6) is 0 Å². The number of nitrogens with one attached hydrogen (secondary N) is 1. The van der Waals surface area contributed by atoms with E-state index in [0.29, 0.717) is 4.47 Å². The van der Waals surface area contributed by atoms with Crippen molar-refractivity contribution in [1.82, 2.24) is 0 Å². The monoisotopic (exact) mass is 307 g/mol. The number of benzene rings is 2. The van der Waals surface area contributed by atoms with Crippen LogP contribution in [0.1, 0.15) is 10.4 Å². The fourth-order valence-electron chi connectivity index (χ4n) is 1.54.